The minimum absolute atomic E-state index is 0.152. The normalized spacial score (nSPS) is 9.70. The number of aryl methyl sites for hydroxylation is 1. The van der Waals surface area contributed by atoms with Crippen LogP contribution in [-0.2, 0) is 13.5 Å². The van der Waals surface area contributed by atoms with Crippen LogP contribution in [0.15, 0.2) is 12.3 Å². The van der Waals surface area contributed by atoms with E-state index in [1.54, 1.807) is 4.68 Å². The molecule has 0 aliphatic heterocycles. The standard InChI is InChI=1S/C6H10N4/c1-10-3-2-5(9-10)4-6(7)8/h2-3H,4H2,1H3,(H3,7,8). The quantitative estimate of drug-likeness (QED) is 0.442. The highest BCUT2D eigenvalue weighted by Gasteiger charge is 1.96. The Kier molecular flexibility index (Phi) is 1.71. The second-order valence-electron chi connectivity index (χ2n) is 2.18. The van der Waals surface area contributed by atoms with Gasteiger partial charge in [-0.3, -0.25) is 10.1 Å². The van der Waals surface area contributed by atoms with E-state index >= 15 is 0 Å². The molecule has 0 aliphatic carbocycles. The maximum Gasteiger partial charge on any atom is 0.0966 e. The molecule has 0 spiro atoms. The van der Waals surface area contributed by atoms with Gasteiger partial charge in [0, 0.05) is 19.7 Å². The Morgan fingerprint density at radius 1 is 1.90 bits per heavy atom. The Morgan fingerprint density at radius 3 is 3.00 bits per heavy atom. The summed E-state index contributed by atoms with van der Waals surface area (Å²) in [6, 6.07) is 1.85. The van der Waals surface area contributed by atoms with Crippen molar-refractivity contribution in [2.24, 2.45) is 12.8 Å². The van der Waals surface area contributed by atoms with E-state index in [-0.39, 0.29) is 5.84 Å². The number of nitrogens with two attached hydrogens (primary N) is 1. The number of nitrogens with one attached hydrogen (secondary N) is 1. The van der Waals surface area contributed by atoms with Crippen LogP contribution in [0.25, 0.3) is 0 Å². The fourth-order valence-electron chi connectivity index (χ4n) is 0.753. The second-order valence-corrected chi connectivity index (χ2v) is 2.18. The summed E-state index contributed by atoms with van der Waals surface area (Å²) in [5.74, 6) is 0.152. The molecule has 3 N–H and O–H groups in total. The number of aromatic nitrogens is 2. The highest BCUT2D eigenvalue weighted by Crippen LogP contribution is 1.93. The van der Waals surface area contributed by atoms with Gasteiger partial charge in [0.25, 0.3) is 0 Å². The van der Waals surface area contributed by atoms with Crippen LogP contribution in [0.4, 0.5) is 0 Å². The van der Waals surface area contributed by atoms with Crippen molar-refractivity contribution >= 4 is 5.84 Å². The van der Waals surface area contributed by atoms with Gasteiger partial charge in [-0.15, -0.1) is 0 Å². The fraction of sp³-hybridized carbons (Fsp3) is 0.333. The van der Waals surface area contributed by atoms with Crippen LogP contribution in [0.1, 0.15) is 5.69 Å². The Bertz CT molecular complexity index is 238. The van der Waals surface area contributed by atoms with E-state index < -0.39 is 0 Å². The van der Waals surface area contributed by atoms with E-state index in [4.69, 9.17) is 11.1 Å². The van der Waals surface area contributed by atoms with Crippen LogP contribution < -0.4 is 5.73 Å². The number of nitrogens with zero attached hydrogens (tertiary/aromatic N) is 2. The van der Waals surface area contributed by atoms with Crippen LogP contribution in [0.5, 0.6) is 0 Å². The molecule has 0 aromatic carbocycles. The number of rotatable bonds is 2. The molecule has 0 saturated carbocycles. The van der Waals surface area contributed by atoms with Gasteiger partial charge in [-0.05, 0) is 6.07 Å². The van der Waals surface area contributed by atoms with Crippen LogP contribution in [0.2, 0.25) is 0 Å². The van der Waals surface area contributed by atoms with Crippen molar-refractivity contribution in [1.82, 2.24) is 9.78 Å². The molecular formula is C6H10N4. The molecule has 0 radical (unpaired) electrons. The molecule has 0 unspecified atom stereocenters. The molecule has 0 aliphatic rings. The smallest absolute Gasteiger partial charge is 0.0966 e. The summed E-state index contributed by atoms with van der Waals surface area (Å²) in [4.78, 5) is 0. The van der Waals surface area contributed by atoms with Crippen molar-refractivity contribution in [3.8, 4) is 0 Å². The largest absolute Gasteiger partial charge is 0.387 e. The Labute approximate surface area is 59.2 Å². The minimum atomic E-state index is 0.152. The van der Waals surface area contributed by atoms with Crippen LogP contribution in [-0.4, -0.2) is 15.6 Å². The monoisotopic (exact) mass is 138 g/mol. The Balaban J connectivity index is 2.67. The highest BCUT2D eigenvalue weighted by atomic mass is 15.2. The van der Waals surface area contributed by atoms with Gasteiger partial charge >= 0.3 is 0 Å². The number of hydrogen-bond acceptors (Lipinski definition) is 2. The first-order valence-corrected chi connectivity index (χ1v) is 3.00. The lowest BCUT2D eigenvalue weighted by Crippen LogP contribution is -2.13. The average molecular weight is 138 g/mol. The van der Waals surface area contributed by atoms with E-state index in [9.17, 15) is 0 Å². The van der Waals surface area contributed by atoms with E-state index in [1.165, 1.54) is 0 Å². The molecule has 0 bridgehead atoms. The summed E-state index contributed by atoms with van der Waals surface area (Å²) in [5, 5.41) is 11.0. The van der Waals surface area contributed by atoms with Crippen LogP contribution in [0, 0.1) is 5.41 Å². The van der Waals surface area contributed by atoms with Gasteiger partial charge in [0.2, 0.25) is 0 Å². The zero-order chi connectivity index (χ0) is 7.56. The molecular weight excluding hydrogens is 128 g/mol. The summed E-state index contributed by atoms with van der Waals surface area (Å²) in [6.45, 7) is 0. The minimum Gasteiger partial charge on any atom is -0.387 e. The van der Waals surface area contributed by atoms with Crippen molar-refractivity contribution in [3.63, 3.8) is 0 Å². The SMILES string of the molecule is Cn1ccc(CC(=N)N)n1. The zero-order valence-corrected chi connectivity index (χ0v) is 5.83. The summed E-state index contributed by atoms with van der Waals surface area (Å²) in [6.07, 6.45) is 2.28. The van der Waals surface area contributed by atoms with Gasteiger partial charge in [-0.25, -0.2) is 0 Å². The molecule has 0 amide bonds. The van der Waals surface area contributed by atoms with Crippen molar-refractivity contribution < 1.29 is 0 Å². The second kappa shape index (κ2) is 2.51. The van der Waals surface area contributed by atoms with Crippen LogP contribution in [0.3, 0.4) is 0 Å². The molecule has 4 heteroatoms. The average Bonchev–Trinajstić information content (AvgIpc) is 2.13. The van der Waals surface area contributed by atoms with Gasteiger partial charge in [-0.1, -0.05) is 0 Å². The third kappa shape index (κ3) is 1.58. The third-order valence-electron chi connectivity index (χ3n) is 1.14. The zero-order valence-electron chi connectivity index (χ0n) is 5.83. The van der Waals surface area contributed by atoms with Crippen LogP contribution >= 0.6 is 0 Å². The third-order valence-corrected chi connectivity index (χ3v) is 1.14. The van der Waals surface area contributed by atoms with Crippen molar-refractivity contribution in [3.05, 3.63) is 18.0 Å². The van der Waals surface area contributed by atoms with E-state index in [0.29, 0.717) is 6.42 Å². The van der Waals surface area contributed by atoms with Gasteiger partial charge in [0.15, 0.2) is 0 Å². The molecule has 1 aromatic rings. The first kappa shape index (κ1) is 6.80. The van der Waals surface area contributed by atoms with Crippen molar-refractivity contribution in [1.29, 1.82) is 5.41 Å². The molecule has 54 valence electrons. The Morgan fingerprint density at radius 2 is 2.60 bits per heavy atom. The highest BCUT2D eigenvalue weighted by molar-refractivity contribution is 5.78. The molecule has 1 rings (SSSR count). The molecule has 0 saturated heterocycles. The molecule has 0 fully saturated rings. The first-order valence-electron chi connectivity index (χ1n) is 3.00. The number of hydrogen-bond donors (Lipinski definition) is 2. The van der Waals surface area contributed by atoms with E-state index in [1.807, 2.05) is 19.3 Å². The number of amidine groups is 1. The predicted molar refractivity (Wildman–Crippen MR) is 38.8 cm³/mol. The summed E-state index contributed by atoms with van der Waals surface area (Å²) >= 11 is 0. The lowest BCUT2D eigenvalue weighted by Gasteiger charge is -1.90. The van der Waals surface area contributed by atoms with Crippen molar-refractivity contribution in [2.75, 3.05) is 0 Å². The van der Waals surface area contributed by atoms with Gasteiger partial charge in [0.05, 0.1) is 11.5 Å². The Hall–Kier alpha value is -1.32. The maximum atomic E-state index is 6.97. The maximum absolute atomic E-state index is 6.97. The van der Waals surface area contributed by atoms with E-state index in [2.05, 4.69) is 5.10 Å². The molecule has 10 heavy (non-hydrogen) atoms. The lowest BCUT2D eigenvalue weighted by atomic mass is 10.3. The first-order chi connectivity index (χ1) is 4.68. The summed E-state index contributed by atoms with van der Waals surface area (Å²) < 4.78 is 1.69. The van der Waals surface area contributed by atoms with Gasteiger partial charge < -0.3 is 5.73 Å². The van der Waals surface area contributed by atoms with E-state index in [0.717, 1.165) is 5.69 Å². The van der Waals surface area contributed by atoms with Gasteiger partial charge in [-0.2, -0.15) is 5.10 Å². The molecule has 0 atom stereocenters. The lowest BCUT2D eigenvalue weighted by molar-refractivity contribution is 0.752. The topological polar surface area (TPSA) is 67.7 Å². The summed E-state index contributed by atoms with van der Waals surface area (Å²) in [5.41, 5.74) is 6.01. The van der Waals surface area contributed by atoms with Gasteiger partial charge in [0.1, 0.15) is 0 Å². The molecule has 1 heterocycles. The van der Waals surface area contributed by atoms with Crippen molar-refractivity contribution in [2.45, 2.75) is 6.42 Å². The molecule has 1 aromatic heterocycles. The fourth-order valence-corrected chi connectivity index (χ4v) is 0.753. The predicted octanol–water partition coefficient (Wildman–Crippen LogP) is -0.101. The summed E-state index contributed by atoms with van der Waals surface area (Å²) in [7, 11) is 1.84. The molecule has 4 nitrogen and oxygen atoms in total.